The van der Waals surface area contributed by atoms with Crippen LogP contribution in [-0.2, 0) is 9.47 Å². The molecule has 1 aliphatic heterocycles. The zero-order valence-corrected chi connectivity index (χ0v) is 18.4. The lowest BCUT2D eigenvalue weighted by atomic mass is 9.99. The molecule has 3 rings (SSSR count). The van der Waals surface area contributed by atoms with E-state index < -0.39 is 43.4 Å². The van der Waals surface area contributed by atoms with Crippen LogP contribution in [0.3, 0.4) is 0 Å². The summed E-state index contributed by atoms with van der Waals surface area (Å²) in [6.45, 7) is -0.530. The third-order valence-electron chi connectivity index (χ3n) is 5.15. The highest BCUT2D eigenvalue weighted by molar-refractivity contribution is 5.32. The van der Waals surface area contributed by atoms with E-state index in [1.54, 1.807) is 62.8 Å². The Kier molecular flexibility index (Phi) is 9.12. The number of hydrogen-bond acceptors (Lipinski definition) is 10. The molecule has 1 saturated heterocycles. The van der Waals surface area contributed by atoms with E-state index in [1.807, 2.05) is 0 Å². The summed E-state index contributed by atoms with van der Waals surface area (Å²) in [5.41, 5.74) is 0. The van der Waals surface area contributed by atoms with Crippen molar-refractivity contribution < 1.29 is 48.8 Å². The first-order chi connectivity index (χ1) is 15.9. The Morgan fingerprint density at radius 2 is 1.30 bits per heavy atom. The lowest BCUT2D eigenvalue weighted by Gasteiger charge is -2.39. The van der Waals surface area contributed by atoms with E-state index in [9.17, 15) is 20.4 Å². The molecule has 0 saturated carbocycles. The van der Waals surface area contributed by atoms with Crippen LogP contribution < -0.4 is 18.9 Å². The van der Waals surface area contributed by atoms with Crippen LogP contribution in [0.25, 0.3) is 0 Å². The van der Waals surface area contributed by atoms with Gasteiger partial charge in [-0.15, -0.1) is 0 Å². The molecular formula is C23H30O10. The Bertz CT molecular complexity index is 826. The van der Waals surface area contributed by atoms with Gasteiger partial charge in [0.05, 0.1) is 27.4 Å². The molecule has 0 amide bonds. The summed E-state index contributed by atoms with van der Waals surface area (Å²) in [5, 5.41) is 39.4. The van der Waals surface area contributed by atoms with Crippen molar-refractivity contribution in [3.63, 3.8) is 0 Å². The molecule has 10 nitrogen and oxygen atoms in total. The van der Waals surface area contributed by atoms with Crippen LogP contribution in [0.1, 0.15) is 0 Å². The normalized spacial score (nSPS) is 25.8. The molecular weight excluding hydrogens is 436 g/mol. The van der Waals surface area contributed by atoms with Gasteiger partial charge in [0.25, 0.3) is 0 Å². The number of hydrogen-bond donors (Lipinski definition) is 4. The van der Waals surface area contributed by atoms with Gasteiger partial charge in [-0.1, -0.05) is 0 Å². The molecule has 0 spiro atoms. The summed E-state index contributed by atoms with van der Waals surface area (Å²) in [6.07, 6.45) is -7.47. The maximum Gasteiger partial charge on any atom is 0.186 e. The SMILES string of the molecule is COc1ccc(OCC(CO[C@H]2O[C@H](CO)[C@@H](O)[C@H](O)[C@@H]2O)Oc2ccc(OC)cc2)cc1. The molecule has 1 heterocycles. The van der Waals surface area contributed by atoms with Crippen LogP contribution >= 0.6 is 0 Å². The fourth-order valence-corrected chi connectivity index (χ4v) is 3.23. The molecule has 0 bridgehead atoms. The Balaban J connectivity index is 1.65. The number of aliphatic hydroxyl groups excluding tert-OH is 4. The molecule has 2 aromatic carbocycles. The molecule has 0 aromatic heterocycles. The van der Waals surface area contributed by atoms with Crippen LogP contribution in [-0.4, -0.2) is 91.3 Å². The number of aliphatic hydroxyl groups is 4. The predicted molar refractivity (Wildman–Crippen MR) is 116 cm³/mol. The fraction of sp³-hybridized carbons (Fsp3) is 0.478. The van der Waals surface area contributed by atoms with E-state index in [-0.39, 0.29) is 13.2 Å². The predicted octanol–water partition coefficient (Wildman–Crippen LogP) is 0.347. The van der Waals surface area contributed by atoms with E-state index in [0.717, 1.165) is 0 Å². The number of ether oxygens (including phenoxy) is 6. The lowest BCUT2D eigenvalue weighted by Crippen LogP contribution is -2.59. The standard InChI is InChI=1S/C23H30O10/c1-28-14-3-7-16(8-4-14)30-12-18(32-17-9-5-15(29-2)6-10-17)13-31-23-22(27)21(26)20(25)19(11-24)33-23/h3-10,18-27H,11-13H2,1-2H3/t18?,19-,20-,21+,22+,23+/m1/s1. The van der Waals surface area contributed by atoms with Crippen LogP contribution in [0, 0.1) is 0 Å². The summed E-state index contributed by atoms with van der Waals surface area (Å²) in [6, 6.07) is 14.0. The van der Waals surface area contributed by atoms with Gasteiger partial charge in [0.1, 0.15) is 54.0 Å². The second-order valence-electron chi connectivity index (χ2n) is 7.43. The molecule has 4 N–H and O–H groups in total. The van der Waals surface area contributed by atoms with Crippen molar-refractivity contribution in [2.45, 2.75) is 36.8 Å². The summed E-state index contributed by atoms with van der Waals surface area (Å²) in [7, 11) is 3.14. The van der Waals surface area contributed by atoms with Crippen molar-refractivity contribution in [2.75, 3.05) is 34.0 Å². The lowest BCUT2D eigenvalue weighted by molar-refractivity contribution is -0.304. The maximum absolute atomic E-state index is 10.2. The van der Waals surface area contributed by atoms with Crippen molar-refractivity contribution in [2.24, 2.45) is 0 Å². The zero-order valence-electron chi connectivity index (χ0n) is 18.4. The minimum Gasteiger partial charge on any atom is -0.497 e. The minimum absolute atomic E-state index is 0.0785. The molecule has 33 heavy (non-hydrogen) atoms. The van der Waals surface area contributed by atoms with Gasteiger partial charge in [-0.05, 0) is 48.5 Å². The summed E-state index contributed by atoms with van der Waals surface area (Å²) in [5.74, 6) is 2.49. The molecule has 0 radical (unpaired) electrons. The van der Waals surface area contributed by atoms with Crippen molar-refractivity contribution in [1.29, 1.82) is 0 Å². The Hall–Kier alpha value is -2.60. The van der Waals surface area contributed by atoms with Crippen molar-refractivity contribution >= 4 is 0 Å². The van der Waals surface area contributed by atoms with Gasteiger partial charge in [0, 0.05) is 0 Å². The van der Waals surface area contributed by atoms with Gasteiger partial charge >= 0.3 is 0 Å². The summed E-state index contributed by atoms with van der Waals surface area (Å²) in [4.78, 5) is 0. The molecule has 6 atom stereocenters. The second-order valence-corrected chi connectivity index (χ2v) is 7.43. The maximum atomic E-state index is 10.2. The fourth-order valence-electron chi connectivity index (χ4n) is 3.23. The highest BCUT2D eigenvalue weighted by Gasteiger charge is 2.44. The van der Waals surface area contributed by atoms with Gasteiger partial charge < -0.3 is 48.8 Å². The molecule has 10 heteroatoms. The molecule has 1 unspecified atom stereocenters. The van der Waals surface area contributed by atoms with Crippen LogP contribution in [0.5, 0.6) is 23.0 Å². The quantitative estimate of drug-likeness (QED) is 0.367. The van der Waals surface area contributed by atoms with Crippen molar-refractivity contribution in [1.82, 2.24) is 0 Å². The molecule has 2 aromatic rings. The largest absolute Gasteiger partial charge is 0.497 e. The van der Waals surface area contributed by atoms with Crippen LogP contribution in [0.2, 0.25) is 0 Å². The smallest absolute Gasteiger partial charge is 0.186 e. The highest BCUT2D eigenvalue weighted by atomic mass is 16.7. The minimum atomic E-state index is -1.53. The van der Waals surface area contributed by atoms with Gasteiger partial charge in [0.15, 0.2) is 12.4 Å². The van der Waals surface area contributed by atoms with Crippen molar-refractivity contribution in [3.05, 3.63) is 48.5 Å². The Morgan fingerprint density at radius 3 is 1.85 bits per heavy atom. The molecule has 1 fully saturated rings. The average Bonchev–Trinajstić information content (AvgIpc) is 2.86. The molecule has 182 valence electrons. The van der Waals surface area contributed by atoms with E-state index in [0.29, 0.717) is 23.0 Å². The zero-order chi connectivity index (χ0) is 23.8. The van der Waals surface area contributed by atoms with E-state index in [4.69, 9.17) is 28.4 Å². The number of methoxy groups -OCH3 is 2. The Labute approximate surface area is 191 Å². The van der Waals surface area contributed by atoms with E-state index in [1.165, 1.54) is 0 Å². The average molecular weight is 466 g/mol. The van der Waals surface area contributed by atoms with Gasteiger partial charge in [-0.25, -0.2) is 0 Å². The third kappa shape index (κ3) is 6.70. The highest BCUT2D eigenvalue weighted by Crippen LogP contribution is 2.24. The van der Waals surface area contributed by atoms with Gasteiger partial charge in [-0.3, -0.25) is 0 Å². The topological polar surface area (TPSA) is 136 Å². The second kappa shape index (κ2) is 12.0. The first kappa shape index (κ1) is 25.0. The third-order valence-corrected chi connectivity index (χ3v) is 5.15. The summed E-state index contributed by atoms with van der Waals surface area (Å²) >= 11 is 0. The van der Waals surface area contributed by atoms with Gasteiger partial charge in [0.2, 0.25) is 0 Å². The number of benzene rings is 2. The summed E-state index contributed by atoms with van der Waals surface area (Å²) < 4.78 is 33.1. The van der Waals surface area contributed by atoms with Gasteiger partial charge in [-0.2, -0.15) is 0 Å². The molecule has 0 aliphatic carbocycles. The van der Waals surface area contributed by atoms with Crippen molar-refractivity contribution in [3.8, 4) is 23.0 Å². The molecule has 1 aliphatic rings. The van der Waals surface area contributed by atoms with E-state index >= 15 is 0 Å². The Morgan fingerprint density at radius 1 is 0.758 bits per heavy atom. The first-order valence-electron chi connectivity index (χ1n) is 10.4. The monoisotopic (exact) mass is 466 g/mol. The van der Waals surface area contributed by atoms with Crippen LogP contribution in [0.4, 0.5) is 0 Å². The number of rotatable bonds is 11. The first-order valence-corrected chi connectivity index (χ1v) is 10.4. The van der Waals surface area contributed by atoms with Crippen LogP contribution in [0.15, 0.2) is 48.5 Å². The van der Waals surface area contributed by atoms with E-state index in [2.05, 4.69) is 0 Å².